The molecule has 2 aromatic rings. The van der Waals surface area contributed by atoms with Gasteiger partial charge < -0.3 is 27.7 Å². The lowest BCUT2D eigenvalue weighted by Crippen LogP contribution is -2.06. The molecule has 0 aromatic heterocycles. The lowest BCUT2D eigenvalue weighted by Gasteiger charge is -2.14. The van der Waals surface area contributed by atoms with Crippen LogP contribution in [0.15, 0.2) is 36.4 Å². The number of hydrogen-bond donors (Lipinski definition) is 4. The van der Waals surface area contributed by atoms with Gasteiger partial charge in [0.2, 0.25) is 0 Å². The highest BCUT2D eigenvalue weighted by atomic mass is 16.5. The summed E-state index contributed by atoms with van der Waals surface area (Å²) in [5.41, 5.74) is 26.7. The Kier molecular flexibility index (Phi) is 5.30. The van der Waals surface area contributed by atoms with Crippen molar-refractivity contribution in [3.8, 4) is 11.5 Å². The average Bonchev–Trinajstić information content (AvgIpc) is 2.55. The van der Waals surface area contributed by atoms with Gasteiger partial charge in [0.05, 0.1) is 0 Å². The summed E-state index contributed by atoms with van der Waals surface area (Å²) in [5.74, 6) is 1.45. The Hall–Kier alpha value is -1.92. The predicted octanol–water partition coefficient (Wildman–Crippen LogP) is 1.31. The molecule has 8 N–H and O–H groups in total. The molecule has 2 aromatic carbocycles. The monoisotopic (exact) mass is 286 g/mol. The van der Waals surface area contributed by atoms with E-state index in [1.165, 1.54) is 0 Å². The second-order valence-electron chi connectivity index (χ2n) is 4.80. The van der Waals surface area contributed by atoms with E-state index >= 15 is 0 Å². The second-order valence-corrected chi connectivity index (χ2v) is 4.80. The van der Waals surface area contributed by atoms with Crippen LogP contribution in [0.3, 0.4) is 0 Å². The third kappa shape index (κ3) is 3.59. The summed E-state index contributed by atoms with van der Waals surface area (Å²) in [6.45, 7) is 1.74. The summed E-state index contributed by atoms with van der Waals surface area (Å²) in [7, 11) is 0. The molecule has 21 heavy (non-hydrogen) atoms. The summed E-state index contributed by atoms with van der Waals surface area (Å²) < 4.78 is 5.98. The van der Waals surface area contributed by atoms with Crippen LogP contribution in [0.25, 0.3) is 0 Å². The minimum absolute atomic E-state index is 0.391. The summed E-state index contributed by atoms with van der Waals surface area (Å²) in [4.78, 5) is 0. The van der Waals surface area contributed by atoms with Gasteiger partial charge in [0.1, 0.15) is 11.5 Å². The molecule has 0 aliphatic carbocycles. The maximum Gasteiger partial charge on any atom is 0.131 e. The Bertz CT molecular complexity index is 560. The topological polar surface area (TPSA) is 113 Å². The molecule has 0 fully saturated rings. The second kappa shape index (κ2) is 7.19. The van der Waals surface area contributed by atoms with Gasteiger partial charge in [-0.15, -0.1) is 0 Å². The van der Waals surface area contributed by atoms with Crippen LogP contribution < -0.4 is 27.7 Å². The maximum absolute atomic E-state index is 5.98. The number of nitrogens with two attached hydrogens (primary N) is 4. The van der Waals surface area contributed by atoms with Gasteiger partial charge in [0, 0.05) is 37.3 Å². The van der Waals surface area contributed by atoms with E-state index in [2.05, 4.69) is 0 Å². The maximum atomic E-state index is 5.98. The van der Waals surface area contributed by atoms with Crippen LogP contribution in [-0.2, 0) is 26.2 Å². The molecular weight excluding hydrogens is 264 g/mol. The molecule has 0 atom stereocenters. The van der Waals surface area contributed by atoms with Crippen LogP contribution in [0.2, 0.25) is 0 Å². The molecule has 112 valence electrons. The van der Waals surface area contributed by atoms with Gasteiger partial charge in [0.25, 0.3) is 0 Å². The van der Waals surface area contributed by atoms with Crippen molar-refractivity contribution in [1.82, 2.24) is 0 Å². The highest BCUT2D eigenvalue weighted by Gasteiger charge is 2.09. The van der Waals surface area contributed by atoms with Gasteiger partial charge in [-0.25, -0.2) is 0 Å². The van der Waals surface area contributed by atoms with Crippen molar-refractivity contribution < 1.29 is 4.74 Å². The molecule has 0 amide bonds. The minimum Gasteiger partial charge on any atom is -0.457 e. The molecule has 5 nitrogen and oxygen atoms in total. The quantitative estimate of drug-likeness (QED) is 0.639. The zero-order chi connectivity index (χ0) is 15.2. The van der Waals surface area contributed by atoms with Gasteiger partial charge in [-0.3, -0.25) is 0 Å². The van der Waals surface area contributed by atoms with E-state index in [0.29, 0.717) is 26.2 Å². The third-order valence-corrected chi connectivity index (χ3v) is 3.38. The van der Waals surface area contributed by atoms with Crippen molar-refractivity contribution in [2.24, 2.45) is 22.9 Å². The SMILES string of the molecule is NCc1ccc(Oc2ccc(CN)cc2CN)c(CN)c1. The van der Waals surface area contributed by atoms with E-state index in [9.17, 15) is 0 Å². The fourth-order valence-corrected chi connectivity index (χ4v) is 2.16. The Morgan fingerprint density at radius 1 is 0.619 bits per heavy atom. The van der Waals surface area contributed by atoms with Crippen LogP contribution in [0.4, 0.5) is 0 Å². The van der Waals surface area contributed by atoms with E-state index in [0.717, 1.165) is 33.8 Å². The van der Waals surface area contributed by atoms with E-state index in [1.54, 1.807) is 0 Å². The normalized spacial score (nSPS) is 10.7. The van der Waals surface area contributed by atoms with Gasteiger partial charge in [-0.05, 0) is 35.4 Å². The highest BCUT2D eigenvalue weighted by Crippen LogP contribution is 2.29. The molecule has 0 heterocycles. The molecule has 0 aliphatic rings. The van der Waals surface area contributed by atoms with Gasteiger partial charge in [0.15, 0.2) is 0 Å². The van der Waals surface area contributed by atoms with Crippen molar-refractivity contribution >= 4 is 0 Å². The van der Waals surface area contributed by atoms with Crippen LogP contribution in [-0.4, -0.2) is 0 Å². The lowest BCUT2D eigenvalue weighted by atomic mass is 10.1. The summed E-state index contributed by atoms with van der Waals surface area (Å²) in [6, 6.07) is 11.6. The molecule has 0 saturated carbocycles. The Morgan fingerprint density at radius 3 is 1.38 bits per heavy atom. The first kappa shape index (κ1) is 15.5. The molecule has 0 spiro atoms. The van der Waals surface area contributed by atoms with Crippen molar-refractivity contribution in [3.63, 3.8) is 0 Å². The number of ether oxygens (including phenoxy) is 1. The molecule has 0 unspecified atom stereocenters. The first-order chi connectivity index (χ1) is 10.2. The van der Waals surface area contributed by atoms with Crippen LogP contribution >= 0.6 is 0 Å². The van der Waals surface area contributed by atoms with Gasteiger partial charge in [-0.2, -0.15) is 0 Å². The Morgan fingerprint density at radius 2 is 1.05 bits per heavy atom. The number of hydrogen-bond acceptors (Lipinski definition) is 5. The number of benzene rings is 2. The molecule has 0 aliphatic heterocycles. The van der Waals surface area contributed by atoms with Gasteiger partial charge in [-0.1, -0.05) is 12.1 Å². The fraction of sp³-hybridized carbons (Fsp3) is 0.250. The van der Waals surface area contributed by atoms with Gasteiger partial charge >= 0.3 is 0 Å². The zero-order valence-corrected chi connectivity index (χ0v) is 12.0. The van der Waals surface area contributed by atoms with E-state index in [1.807, 2.05) is 36.4 Å². The van der Waals surface area contributed by atoms with E-state index in [4.69, 9.17) is 27.7 Å². The lowest BCUT2D eigenvalue weighted by molar-refractivity contribution is 0.470. The highest BCUT2D eigenvalue weighted by molar-refractivity contribution is 5.44. The molecule has 2 rings (SSSR count). The summed E-state index contributed by atoms with van der Waals surface area (Å²) >= 11 is 0. The molecule has 0 saturated heterocycles. The largest absolute Gasteiger partial charge is 0.457 e. The average molecular weight is 286 g/mol. The first-order valence-electron chi connectivity index (χ1n) is 6.93. The zero-order valence-electron chi connectivity index (χ0n) is 12.0. The molecule has 0 radical (unpaired) electrons. The number of rotatable bonds is 6. The van der Waals surface area contributed by atoms with Crippen molar-refractivity contribution in [2.75, 3.05) is 0 Å². The Balaban J connectivity index is 2.33. The molecule has 5 heteroatoms. The summed E-state index contributed by atoms with van der Waals surface area (Å²) in [6.07, 6.45) is 0. The van der Waals surface area contributed by atoms with Crippen LogP contribution in [0.5, 0.6) is 11.5 Å². The molecule has 0 bridgehead atoms. The van der Waals surface area contributed by atoms with E-state index < -0.39 is 0 Å². The molecular formula is C16H22N4O. The van der Waals surface area contributed by atoms with E-state index in [-0.39, 0.29) is 0 Å². The fourth-order valence-electron chi connectivity index (χ4n) is 2.16. The third-order valence-electron chi connectivity index (χ3n) is 3.38. The first-order valence-corrected chi connectivity index (χ1v) is 6.93. The smallest absolute Gasteiger partial charge is 0.131 e. The minimum atomic E-state index is 0.391. The summed E-state index contributed by atoms with van der Waals surface area (Å²) in [5, 5.41) is 0. The predicted molar refractivity (Wildman–Crippen MR) is 84.5 cm³/mol. The van der Waals surface area contributed by atoms with Crippen molar-refractivity contribution in [3.05, 3.63) is 58.7 Å². The van der Waals surface area contributed by atoms with Crippen molar-refractivity contribution in [1.29, 1.82) is 0 Å². The van der Waals surface area contributed by atoms with Crippen molar-refractivity contribution in [2.45, 2.75) is 26.2 Å². The standard InChI is InChI=1S/C16H22N4O/c17-7-11-1-3-15(13(5-11)9-19)21-16-4-2-12(8-18)6-14(16)10-20/h1-6H,7-10,17-20H2. The van der Waals surface area contributed by atoms with Crippen LogP contribution in [0, 0.1) is 0 Å². The Labute approximate surface area is 124 Å². The van der Waals surface area contributed by atoms with Crippen LogP contribution in [0.1, 0.15) is 22.3 Å².